The molecule has 0 aromatic carbocycles. The maximum atomic E-state index is 12.8. The first-order valence-electron chi connectivity index (χ1n) is 9.03. The number of sulfonamides is 1. The number of nitrogens with one attached hydrogen (secondary N) is 1. The molecule has 2 atom stereocenters. The van der Waals surface area contributed by atoms with Crippen LogP contribution in [0.25, 0.3) is 0 Å². The van der Waals surface area contributed by atoms with E-state index in [0.29, 0.717) is 25.5 Å². The van der Waals surface area contributed by atoms with Gasteiger partial charge < -0.3 is 4.74 Å². The number of aromatic nitrogens is 5. The molecule has 4 heterocycles. The van der Waals surface area contributed by atoms with E-state index < -0.39 is 10.0 Å². The summed E-state index contributed by atoms with van der Waals surface area (Å²) in [4.78, 5) is 4.74. The number of fused-ring (bicyclic) bond motifs is 1. The van der Waals surface area contributed by atoms with E-state index >= 15 is 0 Å². The van der Waals surface area contributed by atoms with Gasteiger partial charge in [-0.25, -0.2) is 22.8 Å². The largest absolute Gasteiger partial charge is 0.379 e. The highest BCUT2D eigenvalue weighted by atomic mass is 32.2. The number of hydrogen-bond acceptors (Lipinski definition) is 6. The molecule has 2 unspecified atom stereocenters. The summed E-state index contributed by atoms with van der Waals surface area (Å²) in [5, 5.41) is 8.71. The van der Waals surface area contributed by atoms with Crippen LogP contribution in [0, 0.1) is 0 Å². The van der Waals surface area contributed by atoms with Crippen LogP contribution < -0.4 is 4.72 Å². The minimum absolute atomic E-state index is 0.102. The Labute approximate surface area is 152 Å². The van der Waals surface area contributed by atoms with Crippen molar-refractivity contribution >= 4 is 10.0 Å². The normalized spacial score (nSPS) is 23.5. The zero-order valence-corrected chi connectivity index (χ0v) is 15.8. The van der Waals surface area contributed by atoms with Gasteiger partial charge >= 0.3 is 0 Å². The third-order valence-corrected chi connectivity index (χ3v) is 6.30. The van der Waals surface area contributed by atoms with E-state index in [9.17, 15) is 8.42 Å². The minimum atomic E-state index is -3.68. The molecule has 0 bridgehead atoms. The molecular weight excluding hydrogens is 356 g/mol. The first-order valence-corrected chi connectivity index (χ1v) is 10.5. The Balaban J connectivity index is 1.55. The fourth-order valence-electron chi connectivity index (χ4n) is 3.37. The van der Waals surface area contributed by atoms with Crippen molar-refractivity contribution in [2.24, 2.45) is 0 Å². The van der Waals surface area contributed by atoms with Gasteiger partial charge in [-0.2, -0.15) is 10.2 Å². The molecule has 142 valence electrons. The highest BCUT2D eigenvalue weighted by molar-refractivity contribution is 7.89. The second kappa shape index (κ2) is 6.75. The Bertz CT molecular complexity index is 882. The van der Waals surface area contributed by atoms with E-state index in [2.05, 4.69) is 19.9 Å². The van der Waals surface area contributed by atoms with Gasteiger partial charge in [0.15, 0.2) is 5.82 Å². The lowest BCUT2D eigenvalue weighted by Crippen LogP contribution is -2.33. The zero-order chi connectivity index (χ0) is 18.3. The van der Waals surface area contributed by atoms with Crippen molar-refractivity contribution in [1.82, 2.24) is 29.3 Å². The van der Waals surface area contributed by atoms with Crippen molar-refractivity contribution in [2.75, 3.05) is 13.2 Å². The van der Waals surface area contributed by atoms with Gasteiger partial charge in [-0.3, -0.25) is 4.68 Å². The van der Waals surface area contributed by atoms with Crippen LogP contribution in [-0.4, -0.2) is 46.2 Å². The number of ether oxygens (including phenoxy) is 1. The third-order valence-electron chi connectivity index (χ3n) is 4.87. The van der Waals surface area contributed by atoms with Crippen molar-refractivity contribution < 1.29 is 13.2 Å². The Morgan fingerprint density at radius 2 is 2.19 bits per heavy atom. The van der Waals surface area contributed by atoms with Gasteiger partial charge in [-0.15, -0.1) is 0 Å². The molecule has 0 radical (unpaired) electrons. The lowest BCUT2D eigenvalue weighted by molar-refractivity contribution is 0.184. The van der Waals surface area contributed by atoms with Gasteiger partial charge in [0.05, 0.1) is 24.9 Å². The van der Waals surface area contributed by atoms with Crippen molar-refractivity contribution in [3.05, 3.63) is 24.0 Å². The van der Waals surface area contributed by atoms with Crippen molar-refractivity contribution in [2.45, 2.75) is 62.6 Å². The molecule has 1 saturated heterocycles. The Morgan fingerprint density at radius 3 is 2.92 bits per heavy atom. The second-order valence-electron chi connectivity index (χ2n) is 7.20. The molecule has 0 saturated carbocycles. The summed E-state index contributed by atoms with van der Waals surface area (Å²) in [5.74, 6) is 1.65. The lowest BCUT2D eigenvalue weighted by Gasteiger charge is -2.22. The Morgan fingerprint density at radius 1 is 1.35 bits per heavy atom. The van der Waals surface area contributed by atoms with Crippen LogP contribution in [0.15, 0.2) is 17.3 Å². The number of nitrogens with zero attached hydrogens (tertiary/aromatic N) is 5. The fourth-order valence-corrected chi connectivity index (χ4v) is 4.54. The predicted octanol–water partition coefficient (Wildman–Crippen LogP) is 1.37. The van der Waals surface area contributed by atoms with E-state index in [1.54, 1.807) is 10.9 Å². The van der Waals surface area contributed by atoms with Crippen LogP contribution in [0.2, 0.25) is 0 Å². The molecule has 1 fully saturated rings. The minimum Gasteiger partial charge on any atom is -0.379 e. The summed E-state index contributed by atoms with van der Waals surface area (Å²) in [6.07, 6.45) is 5.39. The summed E-state index contributed by atoms with van der Waals surface area (Å²) in [6, 6.07) is -0.266. The summed E-state index contributed by atoms with van der Waals surface area (Å²) < 4.78 is 37.3. The van der Waals surface area contributed by atoms with Gasteiger partial charge in [-0.1, -0.05) is 13.8 Å². The number of rotatable bonds is 5. The maximum absolute atomic E-state index is 12.8. The number of aryl methyl sites for hydroxylation is 1. The predicted molar refractivity (Wildman–Crippen MR) is 93.1 cm³/mol. The molecule has 2 aliphatic rings. The zero-order valence-electron chi connectivity index (χ0n) is 15.0. The molecule has 2 aromatic rings. The molecule has 2 aromatic heterocycles. The van der Waals surface area contributed by atoms with E-state index in [4.69, 9.17) is 4.74 Å². The summed E-state index contributed by atoms with van der Waals surface area (Å²) in [7, 11) is -3.68. The first kappa shape index (κ1) is 17.6. The highest BCUT2D eigenvalue weighted by Gasteiger charge is 2.30. The second-order valence-corrected chi connectivity index (χ2v) is 8.91. The molecule has 0 spiro atoms. The van der Waals surface area contributed by atoms with Crippen molar-refractivity contribution in [3.8, 4) is 0 Å². The van der Waals surface area contributed by atoms with Gasteiger partial charge in [0.2, 0.25) is 10.0 Å². The molecule has 1 N–H and O–H groups in total. The Kier molecular flexibility index (Phi) is 4.57. The van der Waals surface area contributed by atoms with Gasteiger partial charge in [0.1, 0.15) is 10.7 Å². The molecule has 0 amide bonds. The van der Waals surface area contributed by atoms with E-state index in [1.807, 2.05) is 18.5 Å². The Hall–Kier alpha value is -1.78. The standard InChI is InChI=1S/C16H24N6O3S/c1-11(2)15-18-16-14(4-3-6-21(16)19-15)20-26(23,24)13-8-17-22(9-13)12-5-7-25-10-12/h8-9,11-12,14,20H,3-7,10H2,1-2H3. The first-order chi connectivity index (χ1) is 12.4. The van der Waals surface area contributed by atoms with Gasteiger partial charge in [0, 0.05) is 25.3 Å². The molecule has 10 heteroatoms. The van der Waals surface area contributed by atoms with Crippen LogP contribution in [-0.2, 0) is 21.3 Å². The average Bonchev–Trinajstić information content (AvgIpc) is 3.33. The third kappa shape index (κ3) is 3.28. The molecule has 9 nitrogen and oxygen atoms in total. The average molecular weight is 380 g/mol. The van der Waals surface area contributed by atoms with Crippen LogP contribution in [0.4, 0.5) is 0 Å². The summed E-state index contributed by atoms with van der Waals surface area (Å²) in [6.45, 7) is 6.08. The lowest BCUT2D eigenvalue weighted by atomic mass is 10.1. The molecular formula is C16H24N6O3S. The van der Waals surface area contributed by atoms with E-state index in [1.165, 1.54) is 6.20 Å². The van der Waals surface area contributed by atoms with Crippen LogP contribution in [0.1, 0.15) is 62.8 Å². The fraction of sp³-hybridized carbons (Fsp3) is 0.688. The monoisotopic (exact) mass is 380 g/mol. The van der Waals surface area contributed by atoms with E-state index in [-0.39, 0.29) is 22.9 Å². The van der Waals surface area contributed by atoms with E-state index in [0.717, 1.165) is 25.2 Å². The van der Waals surface area contributed by atoms with Crippen LogP contribution in [0.3, 0.4) is 0 Å². The van der Waals surface area contributed by atoms with Crippen LogP contribution >= 0.6 is 0 Å². The molecule has 26 heavy (non-hydrogen) atoms. The van der Waals surface area contributed by atoms with Crippen molar-refractivity contribution in [1.29, 1.82) is 0 Å². The number of hydrogen-bond donors (Lipinski definition) is 1. The molecule has 0 aliphatic carbocycles. The summed E-state index contributed by atoms with van der Waals surface area (Å²) >= 11 is 0. The van der Waals surface area contributed by atoms with Gasteiger partial charge in [-0.05, 0) is 19.3 Å². The molecule has 2 aliphatic heterocycles. The molecule has 4 rings (SSSR count). The van der Waals surface area contributed by atoms with Crippen molar-refractivity contribution in [3.63, 3.8) is 0 Å². The highest BCUT2D eigenvalue weighted by Crippen LogP contribution is 2.27. The SMILES string of the molecule is CC(C)c1nc2n(n1)CCCC2NS(=O)(=O)c1cnn(C2CCOC2)c1. The van der Waals surface area contributed by atoms with Gasteiger partial charge in [0.25, 0.3) is 0 Å². The van der Waals surface area contributed by atoms with Crippen LogP contribution in [0.5, 0.6) is 0 Å². The smallest absolute Gasteiger partial charge is 0.244 e. The summed E-state index contributed by atoms with van der Waals surface area (Å²) in [5.41, 5.74) is 0. The quantitative estimate of drug-likeness (QED) is 0.840. The maximum Gasteiger partial charge on any atom is 0.244 e. The topological polar surface area (TPSA) is 104 Å².